The molecule has 0 aliphatic rings. The first-order valence-corrected chi connectivity index (χ1v) is 7.80. The van der Waals surface area contributed by atoms with Crippen LogP contribution < -0.4 is 5.56 Å². The van der Waals surface area contributed by atoms with Gasteiger partial charge in [-0.15, -0.1) is 5.10 Å². The minimum absolute atomic E-state index is 0.111. The summed E-state index contributed by atoms with van der Waals surface area (Å²) in [5, 5.41) is 5.97. The average Bonchev–Trinajstić information content (AvgIpc) is 3.06. The van der Waals surface area contributed by atoms with Crippen molar-refractivity contribution in [3.63, 3.8) is 0 Å². The van der Waals surface area contributed by atoms with Gasteiger partial charge in [-0.1, -0.05) is 40.3 Å². The van der Waals surface area contributed by atoms with Gasteiger partial charge in [0, 0.05) is 21.4 Å². The van der Waals surface area contributed by atoms with Crippen LogP contribution in [-0.2, 0) is 6.54 Å². The number of nitrogens with zero attached hydrogens (tertiary/aromatic N) is 3. The van der Waals surface area contributed by atoms with Crippen molar-refractivity contribution in [1.82, 2.24) is 13.5 Å². The smallest absolute Gasteiger partial charge is 0.264 e. The first-order chi connectivity index (χ1) is 9.65. The third-order valence-corrected chi connectivity index (χ3v) is 4.86. The van der Waals surface area contributed by atoms with E-state index in [4.69, 9.17) is 0 Å². The predicted molar refractivity (Wildman–Crippen MR) is 82.5 cm³/mol. The van der Waals surface area contributed by atoms with Crippen LogP contribution in [-0.4, -0.2) is 13.5 Å². The van der Waals surface area contributed by atoms with Crippen molar-refractivity contribution in [2.45, 2.75) is 20.4 Å². The molecule has 0 radical (unpaired) electrons. The molecule has 0 aliphatic carbocycles. The largest absolute Gasteiger partial charge is 0.268 e. The van der Waals surface area contributed by atoms with Crippen molar-refractivity contribution in [3.8, 4) is 11.3 Å². The Bertz CT molecular complexity index is 770. The Labute approximate surface area is 124 Å². The van der Waals surface area contributed by atoms with Gasteiger partial charge in [-0.25, -0.2) is 0 Å². The van der Waals surface area contributed by atoms with E-state index in [-0.39, 0.29) is 5.56 Å². The molecular weight excluding hydrogens is 290 g/mol. The Balaban J connectivity index is 1.85. The first-order valence-electron chi connectivity index (χ1n) is 6.19. The Morgan fingerprint density at radius 3 is 2.50 bits per heavy atom. The fourth-order valence-electron chi connectivity index (χ4n) is 1.95. The van der Waals surface area contributed by atoms with E-state index in [1.54, 1.807) is 3.96 Å². The van der Waals surface area contributed by atoms with Crippen LogP contribution in [0.15, 0.2) is 34.4 Å². The summed E-state index contributed by atoms with van der Waals surface area (Å²) in [6, 6.07) is 8.10. The van der Waals surface area contributed by atoms with E-state index < -0.39 is 0 Å². The summed E-state index contributed by atoms with van der Waals surface area (Å²) in [4.78, 5) is 13.1. The highest BCUT2D eigenvalue weighted by Crippen LogP contribution is 2.19. The van der Waals surface area contributed by atoms with E-state index in [1.807, 2.05) is 43.5 Å². The molecule has 0 aliphatic heterocycles. The lowest BCUT2D eigenvalue weighted by atomic mass is 10.1. The van der Waals surface area contributed by atoms with Crippen LogP contribution in [0.5, 0.6) is 0 Å². The number of hydrogen-bond acceptors (Lipinski definition) is 5. The lowest BCUT2D eigenvalue weighted by Crippen LogP contribution is -2.15. The molecule has 6 heteroatoms. The fourth-order valence-corrected chi connectivity index (χ4v) is 3.41. The molecular formula is C14H13N3OS2. The summed E-state index contributed by atoms with van der Waals surface area (Å²) in [6.45, 7) is 4.48. The number of aryl methyl sites for hydroxylation is 1. The Hall–Kier alpha value is -1.79. The summed E-state index contributed by atoms with van der Waals surface area (Å²) in [5.74, 6) is 0. The van der Waals surface area contributed by atoms with Gasteiger partial charge in [0.1, 0.15) is 5.69 Å². The van der Waals surface area contributed by atoms with Crippen molar-refractivity contribution in [2.24, 2.45) is 0 Å². The minimum atomic E-state index is 0.111. The molecule has 0 bridgehead atoms. The minimum Gasteiger partial charge on any atom is -0.268 e. The summed E-state index contributed by atoms with van der Waals surface area (Å²) in [5.41, 5.74) is 4.01. The van der Waals surface area contributed by atoms with Gasteiger partial charge in [-0.05, 0) is 30.9 Å². The molecule has 0 atom stereocenters. The van der Waals surface area contributed by atoms with E-state index >= 15 is 0 Å². The van der Waals surface area contributed by atoms with Crippen LogP contribution in [0.4, 0.5) is 0 Å². The van der Waals surface area contributed by atoms with Gasteiger partial charge >= 0.3 is 0 Å². The SMILES string of the molecule is Cc1sn(Cc2ccc(-c3csnn3)cc2)c(=O)c1C. The molecule has 3 rings (SSSR count). The first kappa shape index (κ1) is 13.2. The van der Waals surface area contributed by atoms with Crippen LogP contribution in [0.3, 0.4) is 0 Å². The van der Waals surface area contributed by atoms with Crippen LogP contribution in [0.2, 0.25) is 0 Å². The van der Waals surface area contributed by atoms with E-state index in [2.05, 4.69) is 9.59 Å². The Kier molecular flexibility index (Phi) is 3.50. The standard InChI is InChI=1S/C14H13N3OS2/c1-9-10(2)20-17(14(9)18)7-11-3-5-12(6-4-11)13-8-19-16-15-13/h3-6,8H,7H2,1-2H3. The summed E-state index contributed by atoms with van der Waals surface area (Å²) < 4.78 is 5.66. The van der Waals surface area contributed by atoms with E-state index in [0.717, 1.165) is 27.3 Å². The van der Waals surface area contributed by atoms with Crippen molar-refractivity contribution >= 4 is 23.1 Å². The summed E-state index contributed by atoms with van der Waals surface area (Å²) >= 11 is 2.86. The summed E-state index contributed by atoms with van der Waals surface area (Å²) in [7, 11) is 0. The van der Waals surface area contributed by atoms with Gasteiger partial charge in [-0.2, -0.15) is 0 Å². The maximum atomic E-state index is 12.0. The number of hydrogen-bond donors (Lipinski definition) is 0. The van der Waals surface area contributed by atoms with Gasteiger partial charge in [0.2, 0.25) is 0 Å². The molecule has 0 N–H and O–H groups in total. The monoisotopic (exact) mass is 303 g/mol. The van der Waals surface area contributed by atoms with Gasteiger partial charge in [0.05, 0.1) is 6.54 Å². The van der Waals surface area contributed by atoms with Gasteiger partial charge < -0.3 is 0 Å². The normalized spacial score (nSPS) is 10.9. The zero-order valence-electron chi connectivity index (χ0n) is 11.2. The molecule has 1 aromatic carbocycles. The van der Waals surface area contributed by atoms with E-state index in [0.29, 0.717) is 6.54 Å². The Morgan fingerprint density at radius 2 is 1.95 bits per heavy atom. The lowest BCUT2D eigenvalue weighted by molar-refractivity contribution is 0.843. The van der Waals surface area contributed by atoms with Crippen LogP contribution >= 0.6 is 23.1 Å². The molecule has 0 fully saturated rings. The topological polar surface area (TPSA) is 47.8 Å². The summed E-state index contributed by atoms with van der Waals surface area (Å²) in [6.07, 6.45) is 0. The molecule has 2 heterocycles. The molecule has 0 spiro atoms. The second-order valence-electron chi connectivity index (χ2n) is 4.60. The van der Waals surface area contributed by atoms with Crippen molar-refractivity contribution in [1.29, 1.82) is 0 Å². The Morgan fingerprint density at radius 1 is 1.20 bits per heavy atom. The second kappa shape index (κ2) is 5.30. The second-order valence-corrected chi connectivity index (χ2v) is 6.45. The molecule has 3 aromatic rings. The molecule has 0 saturated heterocycles. The van der Waals surface area contributed by atoms with Crippen molar-refractivity contribution in [2.75, 3.05) is 0 Å². The number of benzene rings is 1. The van der Waals surface area contributed by atoms with Gasteiger partial charge in [-0.3, -0.25) is 8.75 Å². The van der Waals surface area contributed by atoms with Crippen LogP contribution in [0.1, 0.15) is 16.0 Å². The third-order valence-electron chi connectivity index (χ3n) is 3.26. The van der Waals surface area contributed by atoms with Crippen LogP contribution in [0, 0.1) is 13.8 Å². The molecule has 20 heavy (non-hydrogen) atoms. The zero-order chi connectivity index (χ0) is 14.1. The maximum absolute atomic E-state index is 12.0. The highest BCUT2D eigenvalue weighted by molar-refractivity contribution is 7.06. The molecule has 0 amide bonds. The van der Waals surface area contributed by atoms with E-state index in [9.17, 15) is 4.79 Å². The average molecular weight is 303 g/mol. The molecule has 0 unspecified atom stereocenters. The number of aromatic nitrogens is 3. The zero-order valence-corrected chi connectivity index (χ0v) is 12.8. The highest BCUT2D eigenvalue weighted by Gasteiger charge is 2.08. The highest BCUT2D eigenvalue weighted by atomic mass is 32.1. The quantitative estimate of drug-likeness (QED) is 0.747. The van der Waals surface area contributed by atoms with Gasteiger partial charge in [0.15, 0.2) is 0 Å². The molecule has 102 valence electrons. The molecule has 0 saturated carbocycles. The molecule has 2 aromatic heterocycles. The lowest BCUT2D eigenvalue weighted by Gasteiger charge is -2.02. The number of rotatable bonds is 3. The van der Waals surface area contributed by atoms with E-state index in [1.165, 1.54) is 23.1 Å². The third kappa shape index (κ3) is 2.44. The maximum Gasteiger partial charge on any atom is 0.264 e. The van der Waals surface area contributed by atoms with Crippen LogP contribution in [0.25, 0.3) is 11.3 Å². The molecule has 4 nitrogen and oxygen atoms in total. The van der Waals surface area contributed by atoms with Gasteiger partial charge in [0.25, 0.3) is 5.56 Å². The predicted octanol–water partition coefficient (Wildman–Crippen LogP) is 3.09. The van der Waals surface area contributed by atoms with Crippen molar-refractivity contribution < 1.29 is 0 Å². The fraction of sp³-hybridized carbons (Fsp3) is 0.214. The van der Waals surface area contributed by atoms with Crippen molar-refractivity contribution in [3.05, 3.63) is 56.0 Å².